The van der Waals surface area contributed by atoms with Gasteiger partial charge in [-0.15, -0.1) is 0 Å². The van der Waals surface area contributed by atoms with E-state index in [4.69, 9.17) is 23.7 Å². The first kappa shape index (κ1) is 33.6. The van der Waals surface area contributed by atoms with Gasteiger partial charge in [0, 0.05) is 18.2 Å². The van der Waals surface area contributed by atoms with E-state index in [9.17, 15) is 23.2 Å². The fourth-order valence-electron chi connectivity index (χ4n) is 5.73. The number of likely N-dealkylation sites (tertiary alicyclic amines) is 1. The lowest BCUT2D eigenvalue weighted by Crippen LogP contribution is -2.65. The number of ether oxygens (including phenoxy) is 5. The maximum atomic E-state index is 14.8. The molecule has 0 aromatic heterocycles. The second kappa shape index (κ2) is 13.4. The van der Waals surface area contributed by atoms with Crippen molar-refractivity contribution in [3.63, 3.8) is 0 Å². The Morgan fingerprint density at radius 2 is 1.84 bits per heavy atom. The summed E-state index contributed by atoms with van der Waals surface area (Å²) in [6.45, 7) is 11.2. The van der Waals surface area contributed by atoms with E-state index in [1.807, 2.05) is 6.08 Å². The molecule has 1 N–H and O–H groups in total. The number of morpholine rings is 1. The van der Waals surface area contributed by atoms with Crippen molar-refractivity contribution in [3.05, 3.63) is 35.4 Å². The highest BCUT2D eigenvalue weighted by Gasteiger charge is 2.53. The minimum absolute atomic E-state index is 0.0364. The van der Waals surface area contributed by atoms with Gasteiger partial charge in [0.25, 0.3) is 0 Å². The Morgan fingerprint density at radius 1 is 1.11 bits per heavy atom. The summed E-state index contributed by atoms with van der Waals surface area (Å²) in [6, 6.07) is 1.48. The largest absolute Gasteiger partial charge is 0.489 e. The molecule has 0 radical (unpaired) electrons. The summed E-state index contributed by atoms with van der Waals surface area (Å²) in [7, 11) is 0. The molecule has 0 bridgehead atoms. The van der Waals surface area contributed by atoms with Crippen LogP contribution < -0.4 is 10.1 Å². The Hall–Kier alpha value is -3.25. The van der Waals surface area contributed by atoms with E-state index < -0.39 is 46.5 Å². The molecule has 1 aliphatic carbocycles. The van der Waals surface area contributed by atoms with E-state index in [2.05, 4.69) is 5.32 Å². The van der Waals surface area contributed by atoms with Gasteiger partial charge in [-0.05, 0) is 78.9 Å². The van der Waals surface area contributed by atoms with Crippen LogP contribution in [-0.4, -0.2) is 84.7 Å². The van der Waals surface area contributed by atoms with Crippen LogP contribution in [0.5, 0.6) is 5.75 Å². The van der Waals surface area contributed by atoms with E-state index in [1.54, 1.807) is 46.4 Å². The molecule has 2 amide bonds. The van der Waals surface area contributed by atoms with Gasteiger partial charge in [0.05, 0.1) is 43.9 Å². The second-order valence-electron chi connectivity index (χ2n) is 13.5. The number of carbonyl (C=O) groups is 3. The van der Waals surface area contributed by atoms with Crippen LogP contribution in [0.3, 0.4) is 0 Å². The molecule has 244 valence electrons. The molecule has 1 aromatic carbocycles. The van der Waals surface area contributed by atoms with Crippen LogP contribution >= 0.6 is 0 Å². The van der Waals surface area contributed by atoms with Crippen molar-refractivity contribution >= 4 is 23.5 Å². The van der Waals surface area contributed by atoms with Gasteiger partial charge < -0.3 is 33.9 Å². The van der Waals surface area contributed by atoms with Gasteiger partial charge in [0.2, 0.25) is 5.91 Å². The number of halogens is 2. The summed E-state index contributed by atoms with van der Waals surface area (Å²) in [5.74, 6) is -2.43. The van der Waals surface area contributed by atoms with Crippen LogP contribution in [0.1, 0.15) is 79.2 Å². The number of nitrogens with zero attached hydrogens (tertiary/aromatic N) is 1. The number of nitrogens with one attached hydrogen (secondary N) is 1. The van der Waals surface area contributed by atoms with Gasteiger partial charge in [0.1, 0.15) is 23.6 Å². The molecular formula is C32H44F2N2O8. The highest BCUT2D eigenvalue weighted by molar-refractivity contribution is 5.79. The first-order valence-electron chi connectivity index (χ1n) is 15.1. The molecule has 12 heteroatoms. The highest BCUT2D eigenvalue weighted by atomic mass is 19.1. The number of allylic oxidation sites excluding steroid dienone is 1. The van der Waals surface area contributed by atoms with Crippen molar-refractivity contribution in [2.24, 2.45) is 0 Å². The summed E-state index contributed by atoms with van der Waals surface area (Å²) in [6.07, 6.45) is 3.04. The topological polar surface area (TPSA) is 113 Å². The first-order valence-corrected chi connectivity index (χ1v) is 15.1. The zero-order valence-electron chi connectivity index (χ0n) is 26.4. The number of rotatable bonds is 8. The highest BCUT2D eigenvalue weighted by Crippen LogP contribution is 2.38. The fraction of sp³-hybridized carbons (Fsp3) is 0.656. The van der Waals surface area contributed by atoms with Crippen molar-refractivity contribution in [2.45, 2.75) is 103 Å². The van der Waals surface area contributed by atoms with E-state index in [0.717, 1.165) is 6.07 Å². The summed E-state index contributed by atoms with van der Waals surface area (Å²) in [4.78, 5) is 39.0. The third-order valence-electron chi connectivity index (χ3n) is 7.60. The molecule has 10 nitrogen and oxygen atoms in total. The number of esters is 1. The van der Waals surface area contributed by atoms with Crippen LogP contribution in [-0.2, 0) is 28.5 Å². The molecule has 3 atom stereocenters. The summed E-state index contributed by atoms with van der Waals surface area (Å²) >= 11 is 0. The maximum Gasteiger partial charge on any atom is 0.410 e. The van der Waals surface area contributed by atoms with Crippen LogP contribution in [0, 0.1) is 11.6 Å². The minimum atomic E-state index is -0.853. The van der Waals surface area contributed by atoms with Crippen molar-refractivity contribution in [1.29, 1.82) is 0 Å². The monoisotopic (exact) mass is 622 g/mol. The molecule has 0 saturated carbocycles. The molecule has 44 heavy (non-hydrogen) atoms. The predicted molar refractivity (Wildman–Crippen MR) is 157 cm³/mol. The number of carbonyl (C=O) groups excluding carboxylic acids is 3. The van der Waals surface area contributed by atoms with Crippen LogP contribution in [0.2, 0.25) is 0 Å². The Bertz CT molecular complexity index is 1270. The summed E-state index contributed by atoms with van der Waals surface area (Å²) < 4.78 is 57.5. The average molecular weight is 623 g/mol. The number of hydrogen-bond donors (Lipinski definition) is 1. The van der Waals surface area contributed by atoms with E-state index in [0.29, 0.717) is 37.8 Å². The molecule has 1 aromatic rings. The third kappa shape index (κ3) is 8.68. The average Bonchev–Trinajstić information content (AvgIpc) is 3.23. The number of hydrogen-bond acceptors (Lipinski definition) is 8. The molecule has 3 aliphatic rings. The Labute approximate surface area is 257 Å². The van der Waals surface area contributed by atoms with Gasteiger partial charge in [-0.1, -0.05) is 6.08 Å². The summed E-state index contributed by atoms with van der Waals surface area (Å²) in [5, 5.41) is 3.04. The third-order valence-corrected chi connectivity index (χ3v) is 7.60. The molecular weight excluding hydrogens is 578 g/mol. The van der Waals surface area contributed by atoms with Crippen molar-refractivity contribution < 1.29 is 46.8 Å². The smallest absolute Gasteiger partial charge is 0.410 e. The lowest BCUT2D eigenvalue weighted by atomic mass is 9.89. The standard InChI is InChI=1S/C32H44F2N2O8/c1-30(2,3)43-27(38)11-14-41-28-23(15-21(33)16-24(28)34)20-7-9-22(10-8-20)42-17-25-32(19-40-18-26(37)35-32)12-13-36(25)29(39)44-31(4,5)6/h7,15-16,22,25H,8-14,17-19H2,1-6H3,(H,35,37). The number of benzene rings is 1. The van der Waals surface area contributed by atoms with Crippen molar-refractivity contribution in [2.75, 3.05) is 33.0 Å². The van der Waals surface area contributed by atoms with Crippen molar-refractivity contribution in [3.8, 4) is 5.75 Å². The second-order valence-corrected chi connectivity index (χ2v) is 13.5. The predicted octanol–water partition coefficient (Wildman–Crippen LogP) is 4.92. The first-order chi connectivity index (χ1) is 20.6. The van der Waals surface area contributed by atoms with Crippen molar-refractivity contribution in [1.82, 2.24) is 10.2 Å². The lowest BCUT2D eigenvalue weighted by molar-refractivity contribution is -0.155. The zero-order chi connectivity index (χ0) is 32.3. The molecule has 2 saturated heterocycles. The van der Waals surface area contributed by atoms with Gasteiger partial charge >= 0.3 is 12.1 Å². The molecule has 1 spiro atoms. The van der Waals surface area contributed by atoms with Gasteiger partial charge in [-0.25, -0.2) is 13.6 Å². The fourth-order valence-corrected chi connectivity index (χ4v) is 5.73. The Balaban J connectivity index is 1.43. The SMILES string of the molecule is CC(C)(C)OC(=O)CCOc1c(F)cc(F)cc1C1=CCC(OCC2N(C(=O)OC(C)(C)C)CCC23COCC(=O)N3)CC1. The van der Waals surface area contributed by atoms with Crippen LogP contribution in [0.25, 0.3) is 5.57 Å². The Morgan fingerprint density at radius 3 is 2.48 bits per heavy atom. The lowest BCUT2D eigenvalue weighted by Gasteiger charge is -2.41. The molecule has 2 heterocycles. The number of amides is 2. The molecule has 3 unspecified atom stereocenters. The van der Waals surface area contributed by atoms with Gasteiger partial charge in [-0.3, -0.25) is 9.59 Å². The van der Waals surface area contributed by atoms with Gasteiger partial charge in [-0.2, -0.15) is 0 Å². The van der Waals surface area contributed by atoms with E-state index >= 15 is 0 Å². The molecule has 4 rings (SSSR count). The summed E-state index contributed by atoms with van der Waals surface area (Å²) in [5.41, 5.74) is -1.13. The minimum Gasteiger partial charge on any atom is -0.489 e. The van der Waals surface area contributed by atoms with E-state index in [-0.39, 0.29) is 56.2 Å². The molecule has 2 aliphatic heterocycles. The Kier molecular flexibility index (Phi) is 10.2. The molecule has 2 fully saturated rings. The van der Waals surface area contributed by atoms with Crippen LogP contribution in [0.4, 0.5) is 13.6 Å². The zero-order valence-corrected chi connectivity index (χ0v) is 26.4. The van der Waals surface area contributed by atoms with Crippen LogP contribution in [0.15, 0.2) is 18.2 Å². The normalized spacial score (nSPS) is 24.1. The quantitative estimate of drug-likeness (QED) is 0.407. The maximum absolute atomic E-state index is 14.8. The van der Waals surface area contributed by atoms with Gasteiger partial charge in [0.15, 0.2) is 11.6 Å². The van der Waals surface area contributed by atoms with E-state index in [1.165, 1.54) is 6.07 Å².